The summed E-state index contributed by atoms with van der Waals surface area (Å²) in [7, 11) is 0. The standard InChI is InChI=1S/C12H21NO3/c1-3-9(4-2)11(14)13-7-5-6-10(8-13)12(15)16/h9-10H,3-8H2,1-2H3,(H,15,16)/t10-/m0/s1. The first-order chi connectivity index (χ1) is 7.60. The van der Waals surface area contributed by atoms with Gasteiger partial charge in [0.05, 0.1) is 5.92 Å². The first-order valence-corrected chi connectivity index (χ1v) is 6.11. The molecular formula is C12H21NO3. The maximum absolute atomic E-state index is 12.1. The predicted octanol–water partition coefficient (Wildman–Crippen LogP) is 1.75. The number of carbonyl (C=O) groups is 2. The highest BCUT2D eigenvalue weighted by molar-refractivity contribution is 5.80. The smallest absolute Gasteiger partial charge is 0.308 e. The van der Waals surface area contributed by atoms with Crippen LogP contribution in [0.25, 0.3) is 0 Å². The lowest BCUT2D eigenvalue weighted by molar-refractivity contribution is -0.146. The molecule has 0 aromatic rings. The Hall–Kier alpha value is -1.06. The van der Waals surface area contributed by atoms with E-state index in [2.05, 4.69) is 0 Å². The Kier molecular flexibility index (Phi) is 4.77. The number of piperidine rings is 1. The molecule has 1 N–H and O–H groups in total. The van der Waals surface area contributed by atoms with Gasteiger partial charge < -0.3 is 10.0 Å². The Morgan fingerprint density at radius 3 is 2.50 bits per heavy atom. The highest BCUT2D eigenvalue weighted by Gasteiger charge is 2.30. The molecule has 1 fully saturated rings. The summed E-state index contributed by atoms with van der Waals surface area (Å²) in [5.41, 5.74) is 0. The van der Waals surface area contributed by atoms with Gasteiger partial charge in [0.25, 0.3) is 0 Å². The lowest BCUT2D eigenvalue weighted by atomic mass is 9.95. The Morgan fingerprint density at radius 2 is 2.00 bits per heavy atom. The number of amides is 1. The predicted molar refractivity (Wildman–Crippen MR) is 61.0 cm³/mol. The van der Waals surface area contributed by atoms with Crippen LogP contribution in [-0.2, 0) is 9.59 Å². The first kappa shape index (κ1) is 13.0. The van der Waals surface area contributed by atoms with Crippen LogP contribution < -0.4 is 0 Å². The van der Waals surface area contributed by atoms with Crippen molar-refractivity contribution in [2.45, 2.75) is 39.5 Å². The van der Waals surface area contributed by atoms with Crippen LogP contribution in [0, 0.1) is 11.8 Å². The third kappa shape index (κ3) is 2.97. The van der Waals surface area contributed by atoms with E-state index >= 15 is 0 Å². The zero-order valence-corrected chi connectivity index (χ0v) is 10.1. The van der Waals surface area contributed by atoms with E-state index < -0.39 is 5.97 Å². The van der Waals surface area contributed by atoms with Gasteiger partial charge in [0.1, 0.15) is 0 Å². The summed E-state index contributed by atoms with van der Waals surface area (Å²) in [6, 6.07) is 0. The number of carboxylic acids is 1. The van der Waals surface area contributed by atoms with Crippen molar-refractivity contribution in [1.29, 1.82) is 0 Å². The minimum atomic E-state index is -0.776. The van der Waals surface area contributed by atoms with Gasteiger partial charge >= 0.3 is 5.97 Å². The fraction of sp³-hybridized carbons (Fsp3) is 0.833. The van der Waals surface area contributed by atoms with Crippen LogP contribution in [0.5, 0.6) is 0 Å². The molecule has 92 valence electrons. The number of hydrogen-bond donors (Lipinski definition) is 1. The molecule has 0 radical (unpaired) electrons. The lowest BCUT2D eigenvalue weighted by Gasteiger charge is -2.33. The quantitative estimate of drug-likeness (QED) is 0.796. The van der Waals surface area contributed by atoms with Gasteiger partial charge in [-0.15, -0.1) is 0 Å². The van der Waals surface area contributed by atoms with Gasteiger partial charge in [0, 0.05) is 19.0 Å². The Balaban J connectivity index is 2.59. The van der Waals surface area contributed by atoms with Crippen LogP contribution in [0.2, 0.25) is 0 Å². The summed E-state index contributed by atoms with van der Waals surface area (Å²) in [6.45, 7) is 5.12. The summed E-state index contributed by atoms with van der Waals surface area (Å²) >= 11 is 0. The van der Waals surface area contributed by atoms with E-state index in [1.54, 1.807) is 4.90 Å². The largest absolute Gasteiger partial charge is 0.481 e. The van der Waals surface area contributed by atoms with Crippen molar-refractivity contribution in [3.05, 3.63) is 0 Å². The zero-order chi connectivity index (χ0) is 12.1. The molecule has 0 unspecified atom stereocenters. The van der Waals surface area contributed by atoms with Gasteiger partial charge in [-0.2, -0.15) is 0 Å². The van der Waals surface area contributed by atoms with E-state index in [1.165, 1.54) is 0 Å². The summed E-state index contributed by atoms with van der Waals surface area (Å²) in [5.74, 6) is -0.947. The number of likely N-dealkylation sites (tertiary alicyclic amines) is 1. The molecule has 1 saturated heterocycles. The molecule has 16 heavy (non-hydrogen) atoms. The first-order valence-electron chi connectivity index (χ1n) is 6.11. The highest BCUT2D eigenvalue weighted by Crippen LogP contribution is 2.20. The van der Waals surface area contributed by atoms with Crippen molar-refractivity contribution < 1.29 is 14.7 Å². The summed E-state index contributed by atoms with van der Waals surface area (Å²) in [5, 5.41) is 8.95. The summed E-state index contributed by atoms with van der Waals surface area (Å²) in [4.78, 5) is 24.7. The van der Waals surface area contributed by atoms with Crippen molar-refractivity contribution in [2.75, 3.05) is 13.1 Å². The van der Waals surface area contributed by atoms with Gasteiger partial charge in [-0.25, -0.2) is 0 Å². The number of carbonyl (C=O) groups excluding carboxylic acids is 1. The molecule has 4 heteroatoms. The van der Waals surface area contributed by atoms with Crippen molar-refractivity contribution >= 4 is 11.9 Å². The van der Waals surface area contributed by atoms with Crippen LogP contribution in [0.1, 0.15) is 39.5 Å². The molecule has 0 aliphatic carbocycles. The second-order valence-electron chi connectivity index (χ2n) is 4.48. The van der Waals surface area contributed by atoms with Crippen LogP contribution in [0.15, 0.2) is 0 Å². The van der Waals surface area contributed by atoms with Gasteiger partial charge in [-0.05, 0) is 25.7 Å². The molecule has 1 rings (SSSR count). The van der Waals surface area contributed by atoms with Crippen molar-refractivity contribution in [3.8, 4) is 0 Å². The second kappa shape index (κ2) is 5.87. The molecule has 0 bridgehead atoms. The van der Waals surface area contributed by atoms with E-state index in [-0.39, 0.29) is 17.7 Å². The molecule has 1 amide bonds. The SMILES string of the molecule is CCC(CC)C(=O)N1CCC[C@H](C(=O)O)C1. The fourth-order valence-electron chi connectivity index (χ4n) is 2.27. The van der Waals surface area contributed by atoms with E-state index in [4.69, 9.17) is 5.11 Å². The number of nitrogens with zero attached hydrogens (tertiary/aromatic N) is 1. The monoisotopic (exact) mass is 227 g/mol. The summed E-state index contributed by atoms with van der Waals surface area (Å²) < 4.78 is 0. The molecule has 0 aromatic heterocycles. The number of rotatable bonds is 4. The second-order valence-corrected chi connectivity index (χ2v) is 4.48. The Labute approximate surface area is 96.6 Å². The van der Waals surface area contributed by atoms with Crippen molar-refractivity contribution in [3.63, 3.8) is 0 Å². The Morgan fingerprint density at radius 1 is 1.38 bits per heavy atom. The maximum Gasteiger partial charge on any atom is 0.308 e. The minimum absolute atomic E-state index is 0.0625. The molecule has 1 heterocycles. The van der Waals surface area contributed by atoms with Gasteiger partial charge in [-0.1, -0.05) is 13.8 Å². The molecule has 1 atom stereocenters. The van der Waals surface area contributed by atoms with E-state index in [9.17, 15) is 9.59 Å². The zero-order valence-electron chi connectivity index (χ0n) is 10.1. The maximum atomic E-state index is 12.1. The molecular weight excluding hydrogens is 206 g/mol. The summed E-state index contributed by atoms with van der Waals surface area (Å²) in [6.07, 6.45) is 3.18. The minimum Gasteiger partial charge on any atom is -0.481 e. The van der Waals surface area contributed by atoms with Crippen molar-refractivity contribution in [1.82, 2.24) is 4.90 Å². The van der Waals surface area contributed by atoms with E-state index in [1.807, 2.05) is 13.8 Å². The highest BCUT2D eigenvalue weighted by atomic mass is 16.4. The number of carboxylic acid groups (broad SMARTS) is 1. The van der Waals surface area contributed by atoms with Gasteiger partial charge in [-0.3, -0.25) is 9.59 Å². The fourth-order valence-corrected chi connectivity index (χ4v) is 2.27. The van der Waals surface area contributed by atoms with Crippen LogP contribution >= 0.6 is 0 Å². The third-order valence-electron chi connectivity index (χ3n) is 3.42. The third-order valence-corrected chi connectivity index (χ3v) is 3.42. The molecule has 0 aromatic carbocycles. The molecule has 0 saturated carbocycles. The average molecular weight is 227 g/mol. The van der Waals surface area contributed by atoms with Crippen LogP contribution in [0.4, 0.5) is 0 Å². The Bertz CT molecular complexity index is 261. The molecule has 0 spiro atoms. The van der Waals surface area contributed by atoms with E-state index in [0.29, 0.717) is 13.0 Å². The number of aliphatic carboxylic acids is 1. The van der Waals surface area contributed by atoms with Gasteiger partial charge in [0.2, 0.25) is 5.91 Å². The normalized spacial score (nSPS) is 21.2. The van der Waals surface area contributed by atoms with Crippen LogP contribution in [0.3, 0.4) is 0 Å². The topological polar surface area (TPSA) is 57.6 Å². The molecule has 4 nitrogen and oxygen atoms in total. The lowest BCUT2D eigenvalue weighted by Crippen LogP contribution is -2.44. The number of hydrogen-bond acceptors (Lipinski definition) is 2. The van der Waals surface area contributed by atoms with Crippen LogP contribution in [-0.4, -0.2) is 35.0 Å². The van der Waals surface area contributed by atoms with Gasteiger partial charge in [0.15, 0.2) is 0 Å². The van der Waals surface area contributed by atoms with E-state index in [0.717, 1.165) is 25.8 Å². The average Bonchev–Trinajstić information content (AvgIpc) is 2.30. The van der Waals surface area contributed by atoms with Crippen molar-refractivity contribution in [2.24, 2.45) is 11.8 Å². The molecule has 1 aliphatic rings. The molecule has 1 aliphatic heterocycles.